The van der Waals surface area contributed by atoms with Crippen molar-refractivity contribution in [3.05, 3.63) is 119 Å². The molecule has 0 heterocycles. The van der Waals surface area contributed by atoms with Crippen LogP contribution in [-0.2, 0) is 25.4 Å². The number of phenols is 1. The summed E-state index contributed by atoms with van der Waals surface area (Å²) in [5, 5.41) is 10.5. The summed E-state index contributed by atoms with van der Waals surface area (Å²) in [5.74, 6) is 1.46. The normalized spacial score (nSPS) is 12.9. The molecule has 3 radical (unpaired) electrons. The van der Waals surface area contributed by atoms with Gasteiger partial charge < -0.3 is 9.84 Å². The molecule has 2 nitrogen and oxygen atoms in total. The van der Waals surface area contributed by atoms with Crippen molar-refractivity contribution in [2.45, 2.75) is 47.0 Å². The maximum atomic E-state index is 9.41. The third-order valence-corrected chi connectivity index (χ3v) is 5.70. The fraction of sp³-hybridized carbons (Fsp3) is 0.281. The fourth-order valence-electron chi connectivity index (χ4n) is 2.77. The van der Waals surface area contributed by atoms with E-state index in [1.807, 2.05) is 66.7 Å². The SMILES string of the molecule is CC1=C(C)C(C)[C-]=C1[Si].COc1cc(O)cc(C(C)(C)C)c1.Cl.Cl.[CH2]=[Ti].[c-]1ccccc1.[c-]1ccccc1. The minimum Gasteiger partial charge on any atom is -0.184 e. The molecule has 0 saturated carbocycles. The molecule has 1 atom stereocenters. The molecule has 1 aliphatic rings. The Morgan fingerprint density at radius 2 is 1.32 bits per heavy atom. The summed E-state index contributed by atoms with van der Waals surface area (Å²) in [4.78, 5) is 3.25. The van der Waals surface area contributed by atoms with E-state index in [0.29, 0.717) is 11.7 Å². The summed E-state index contributed by atoms with van der Waals surface area (Å²) < 4.78 is 5.07. The minimum absolute atomic E-state index is 0. The first kappa shape index (κ1) is 40.6. The van der Waals surface area contributed by atoms with Gasteiger partial charge in [0.25, 0.3) is 0 Å². The standard InChI is InChI=1S/C11H16O2.C8H10Si.2C6H5.CH2.2ClH.Ti/c1-11(2,3)8-5-9(12)7-10(6-8)13-4;1-5-4-8(9)7(3)6(5)2;2*1-2-4-6-5-3-1;;;;/h5-7,12H,1-4H3;5H,1-3H3;2*1-5H;1H2;2*1H;/q;3*-1;;;;. The quantitative estimate of drug-likeness (QED) is 0.224. The van der Waals surface area contributed by atoms with Gasteiger partial charge in [0.2, 0.25) is 0 Å². The van der Waals surface area contributed by atoms with Crippen molar-refractivity contribution in [3.63, 3.8) is 0 Å². The van der Waals surface area contributed by atoms with Crippen molar-refractivity contribution in [1.82, 2.24) is 0 Å². The largest absolute Gasteiger partial charge is 0.184 e. The molecule has 38 heavy (non-hydrogen) atoms. The number of ether oxygens (including phenoxy) is 1. The molecule has 0 saturated heterocycles. The molecular weight excluding hydrogens is 563 g/mol. The Morgan fingerprint density at radius 3 is 1.53 bits per heavy atom. The van der Waals surface area contributed by atoms with Gasteiger partial charge in [-0.25, -0.2) is 10.8 Å². The number of aromatic hydroxyl groups is 1. The van der Waals surface area contributed by atoms with Gasteiger partial charge in [0.15, 0.2) is 0 Å². The van der Waals surface area contributed by atoms with Crippen LogP contribution in [0.15, 0.2) is 95.2 Å². The number of methoxy groups -OCH3 is 1. The number of halogens is 2. The molecule has 205 valence electrons. The second kappa shape index (κ2) is 23.0. The zero-order chi connectivity index (χ0) is 27.6. The summed E-state index contributed by atoms with van der Waals surface area (Å²) >= 11 is 1.75. The molecular formula is C32H40Cl2O2SiTi-3. The number of rotatable bonds is 1. The summed E-state index contributed by atoms with van der Waals surface area (Å²) in [6.45, 7) is 12.7. The molecule has 1 N–H and O–H groups in total. The second-order valence-corrected chi connectivity index (χ2v) is 9.37. The number of hydrogen-bond donors (Lipinski definition) is 1. The van der Waals surface area contributed by atoms with Crippen LogP contribution in [0.5, 0.6) is 11.5 Å². The molecule has 3 aromatic rings. The average molecular weight is 604 g/mol. The second-order valence-electron chi connectivity index (χ2n) is 8.87. The van der Waals surface area contributed by atoms with Crippen molar-refractivity contribution in [3.8, 4) is 11.5 Å². The van der Waals surface area contributed by atoms with Crippen LogP contribution in [0.25, 0.3) is 0 Å². The molecule has 0 amide bonds. The van der Waals surface area contributed by atoms with Crippen LogP contribution in [0.1, 0.15) is 47.1 Å². The Bertz CT molecular complexity index is 965. The van der Waals surface area contributed by atoms with Crippen LogP contribution in [0.2, 0.25) is 0 Å². The van der Waals surface area contributed by atoms with Crippen LogP contribution in [0.3, 0.4) is 0 Å². The zero-order valence-corrected chi connectivity index (χ0v) is 27.7. The van der Waals surface area contributed by atoms with E-state index in [-0.39, 0.29) is 36.0 Å². The van der Waals surface area contributed by atoms with Gasteiger partial charge >= 0.3 is 24.8 Å². The van der Waals surface area contributed by atoms with E-state index in [0.717, 1.165) is 10.8 Å². The molecule has 1 unspecified atom stereocenters. The maximum absolute atomic E-state index is 9.41. The minimum atomic E-state index is 0. The van der Waals surface area contributed by atoms with E-state index in [2.05, 4.69) is 74.8 Å². The van der Waals surface area contributed by atoms with E-state index >= 15 is 0 Å². The van der Waals surface area contributed by atoms with E-state index < -0.39 is 0 Å². The monoisotopic (exact) mass is 602 g/mol. The molecule has 0 aromatic heterocycles. The Hall–Kier alpha value is -1.88. The molecule has 0 aliphatic heterocycles. The fourth-order valence-corrected chi connectivity index (χ4v) is 3.19. The molecule has 1 aliphatic carbocycles. The molecule has 4 rings (SSSR count). The Labute approximate surface area is 258 Å². The van der Waals surface area contributed by atoms with Gasteiger partial charge in [-0.15, -0.1) is 31.7 Å². The van der Waals surface area contributed by atoms with E-state index in [1.54, 1.807) is 39.2 Å². The Morgan fingerprint density at radius 1 is 0.868 bits per heavy atom. The van der Waals surface area contributed by atoms with Crippen molar-refractivity contribution >= 4 is 39.9 Å². The van der Waals surface area contributed by atoms with Gasteiger partial charge in [0, 0.05) is 16.3 Å². The van der Waals surface area contributed by atoms with Gasteiger partial charge in [0.05, 0.1) is 7.11 Å². The van der Waals surface area contributed by atoms with Crippen LogP contribution in [-0.4, -0.2) is 27.3 Å². The van der Waals surface area contributed by atoms with Crippen molar-refractivity contribution in [1.29, 1.82) is 0 Å². The Kier molecular flexibility index (Phi) is 24.6. The van der Waals surface area contributed by atoms with Crippen LogP contribution in [0.4, 0.5) is 0 Å². The van der Waals surface area contributed by atoms with Gasteiger partial charge in [-0.2, -0.15) is 78.4 Å². The summed E-state index contributed by atoms with van der Waals surface area (Å²) in [7, 11) is 5.08. The van der Waals surface area contributed by atoms with Gasteiger partial charge in [-0.3, -0.25) is 6.08 Å². The number of hydrogen-bond acceptors (Lipinski definition) is 2. The van der Waals surface area contributed by atoms with E-state index in [1.165, 1.54) is 11.1 Å². The average Bonchev–Trinajstić information content (AvgIpc) is 3.12. The molecule has 0 bridgehead atoms. The topological polar surface area (TPSA) is 29.5 Å². The zero-order valence-electron chi connectivity index (χ0n) is 23.5. The first-order valence-electron chi connectivity index (χ1n) is 11.6. The summed E-state index contributed by atoms with van der Waals surface area (Å²) in [6.07, 6.45) is 3.27. The van der Waals surface area contributed by atoms with Crippen LogP contribution in [0, 0.1) is 24.1 Å². The van der Waals surface area contributed by atoms with Crippen LogP contribution >= 0.6 is 24.8 Å². The number of allylic oxidation sites excluding steroid dienone is 4. The first-order valence-corrected chi connectivity index (χ1v) is 13.3. The Balaban J connectivity index is -0.000000432. The van der Waals surface area contributed by atoms with Crippen molar-refractivity contribution in [2.75, 3.05) is 7.11 Å². The number of benzene rings is 3. The van der Waals surface area contributed by atoms with E-state index in [4.69, 9.17) is 4.74 Å². The first-order chi connectivity index (χ1) is 17.1. The van der Waals surface area contributed by atoms with Gasteiger partial charge in [-0.05, 0) is 23.1 Å². The molecule has 3 aromatic carbocycles. The smallest absolute Gasteiger partial charge is 0.171 e. The van der Waals surface area contributed by atoms with Gasteiger partial charge in [-0.1, -0.05) is 40.5 Å². The predicted octanol–water partition coefficient (Wildman–Crippen LogP) is 8.31. The van der Waals surface area contributed by atoms with Gasteiger partial charge in [0.1, 0.15) is 11.5 Å². The van der Waals surface area contributed by atoms with Crippen molar-refractivity contribution < 1.29 is 29.8 Å². The summed E-state index contributed by atoms with van der Waals surface area (Å²) in [5.41, 5.74) is 3.88. The molecule has 0 fully saturated rings. The third kappa shape index (κ3) is 17.6. The van der Waals surface area contributed by atoms with Crippen molar-refractivity contribution in [2.24, 2.45) is 5.92 Å². The molecule has 0 spiro atoms. The van der Waals surface area contributed by atoms with Crippen LogP contribution < -0.4 is 4.74 Å². The maximum Gasteiger partial charge on any atom is -0.171 e. The van der Waals surface area contributed by atoms with E-state index in [9.17, 15) is 5.11 Å². The predicted molar refractivity (Wildman–Crippen MR) is 166 cm³/mol. The number of phenolic OH excluding ortho intramolecular Hbond substituents is 1. The molecule has 6 heteroatoms. The third-order valence-electron chi connectivity index (χ3n) is 5.18. The summed E-state index contributed by atoms with van der Waals surface area (Å²) in [6, 6.07) is 30.3.